The molecule has 0 aliphatic heterocycles. The minimum Gasteiger partial charge on any atom is -0.506 e. The van der Waals surface area contributed by atoms with Gasteiger partial charge in [0.05, 0.1) is 21.6 Å². The smallest absolute Gasteiger partial charge is 0.320 e. The molecule has 0 radical (unpaired) electrons. The predicted octanol–water partition coefficient (Wildman–Crippen LogP) is 1.19. The number of carbonyl (C=O) groups is 1. The lowest BCUT2D eigenvalue weighted by Gasteiger charge is -2.05. The van der Waals surface area contributed by atoms with Crippen LogP contribution in [0.3, 0.4) is 0 Å². The molecule has 1 amide bonds. The maximum Gasteiger partial charge on any atom is 0.320 e. The molecule has 0 bridgehead atoms. The summed E-state index contributed by atoms with van der Waals surface area (Å²) in [6.07, 6.45) is 1.06. The van der Waals surface area contributed by atoms with Gasteiger partial charge in [0.2, 0.25) is 5.69 Å². The number of rotatable bonds is 4. The van der Waals surface area contributed by atoms with E-state index in [2.05, 4.69) is 10.4 Å². The molecule has 0 saturated heterocycles. The van der Waals surface area contributed by atoms with Crippen LogP contribution in [0.15, 0.2) is 24.4 Å². The van der Waals surface area contributed by atoms with E-state index in [4.69, 9.17) is 0 Å². The van der Waals surface area contributed by atoms with E-state index >= 15 is 0 Å². The number of aromatic nitrogens is 2. The van der Waals surface area contributed by atoms with Crippen molar-refractivity contribution in [1.29, 1.82) is 0 Å². The summed E-state index contributed by atoms with van der Waals surface area (Å²) in [7, 11) is 1.41. The summed E-state index contributed by atoms with van der Waals surface area (Å²) < 4.78 is 1.10. The van der Waals surface area contributed by atoms with Crippen LogP contribution in [-0.4, -0.2) is 30.6 Å². The quantitative estimate of drug-likeness (QED) is 0.488. The topological polar surface area (TPSA) is 153 Å². The number of hydrogen-bond donors (Lipinski definition) is 2. The van der Waals surface area contributed by atoms with Crippen molar-refractivity contribution in [1.82, 2.24) is 9.78 Å². The highest BCUT2D eigenvalue weighted by atomic mass is 16.6. The summed E-state index contributed by atoms with van der Waals surface area (Å²) in [4.78, 5) is 31.9. The van der Waals surface area contributed by atoms with Gasteiger partial charge in [0.15, 0.2) is 0 Å². The van der Waals surface area contributed by atoms with Gasteiger partial charge in [-0.15, -0.1) is 0 Å². The molecule has 0 spiro atoms. The number of nitro benzene ring substituents is 1. The summed E-state index contributed by atoms with van der Waals surface area (Å²) in [6.45, 7) is 0. The molecule has 0 unspecified atom stereocenters. The zero-order valence-electron chi connectivity index (χ0n) is 11.1. The summed E-state index contributed by atoms with van der Waals surface area (Å²) in [6, 6.07) is 3.03. The molecule has 2 rings (SSSR count). The largest absolute Gasteiger partial charge is 0.506 e. The van der Waals surface area contributed by atoms with Gasteiger partial charge < -0.3 is 10.4 Å². The lowest BCUT2D eigenvalue weighted by Crippen LogP contribution is -2.14. The van der Waals surface area contributed by atoms with Gasteiger partial charge in [0.1, 0.15) is 11.9 Å². The van der Waals surface area contributed by atoms with Crippen LogP contribution < -0.4 is 5.32 Å². The van der Waals surface area contributed by atoms with Crippen molar-refractivity contribution in [2.24, 2.45) is 7.05 Å². The fourth-order valence-corrected chi connectivity index (χ4v) is 1.69. The fraction of sp³-hybridized carbons (Fsp3) is 0.0909. The van der Waals surface area contributed by atoms with Gasteiger partial charge in [-0.25, -0.2) is 0 Å². The molecule has 22 heavy (non-hydrogen) atoms. The maximum absolute atomic E-state index is 12.0. The number of benzene rings is 1. The molecule has 2 aromatic rings. The average molecular weight is 307 g/mol. The van der Waals surface area contributed by atoms with E-state index in [1.54, 1.807) is 0 Å². The summed E-state index contributed by atoms with van der Waals surface area (Å²) in [5.74, 6) is -1.46. The van der Waals surface area contributed by atoms with Gasteiger partial charge in [0, 0.05) is 13.1 Å². The number of amides is 1. The van der Waals surface area contributed by atoms with E-state index in [-0.39, 0.29) is 11.4 Å². The van der Waals surface area contributed by atoms with Crippen LogP contribution in [0.25, 0.3) is 0 Å². The minimum absolute atomic E-state index is 0.129. The Hall–Kier alpha value is -3.50. The predicted molar refractivity (Wildman–Crippen MR) is 72.6 cm³/mol. The summed E-state index contributed by atoms with van der Waals surface area (Å²) in [5.41, 5.74) is -1.43. The molecule has 0 fully saturated rings. The van der Waals surface area contributed by atoms with Crippen LogP contribution in [0, 0.1) is 20.2 Å². The first-order chi connectivity index (χ1) is 10.3. The van der Waals surface area contributed by atoms with Gasteiger partial charge >= 0.3 is 5.69 Å². The van der Waals surface area contributed by atoms with Crippen LogP contribution in [-0.2, 0) is 7.05 Å². The second-order valence-corrected chi connectivity index (χ2v) is 4.21. The Labute approximate surface area is 122 Å². The monoisotopic (exact) mass is 307 g/mol. The van der Waals surface area contributed by atoms with Crippen molar-refractivity contribution in [3.05, 3.63) is 50.3 Å². The van der Waals surface area contributed by atoms with E-state index in [9.17, 15) is 30.1 Å². The van der Waals surface area contributed by atoms with Crippen LogP contribution in [0.2, 0.25) is 0 Å². The zero-order chi connectivity index (χ0) is 16.4. The number of nitro groups is 2. The number of anilines is 1. The molecule has 1 aromatic heterocycles. The molecule has 1 aromatic carbocycles. The number of non-ortho nitro benzene ring substituents is 1. The van der Waals surface area contributed by atoms with Crippen molar-refractivity contribution in [2.75, 3.05) is 5.32 Å². The zero-order valence-corrected chi connectivity index (χ0v) is 11.1. The molecule has 0 aliphatic rings. The number of phenols is 1. The second-order valence-electron chi connectivity index (χ2n) is 4.21. The van der Waals surface area contributed by atoms with Crippen molar-refractivity contribution in [2.45, 2.75) is 0 Å². The third-order valence-electron chi connectivity index (χ3n) is 2.66. The molecule has 0 saturated carbocycles. The Balaban J connectivity index is 2.30. The minimum atomic E-state index is -0.920. The highest BCUT2D eigenvalue weighted by Crippen LogP contribution is 2.28. The van der Waals surface area contributed by atoms with Gasteiger partial charge in [-0.1, -0.05) is 0 Å². The molecule has 1 heterocycles. The van der Waals surface area contributed by atoms with Gasteiger partial charge in [-0.2, -0.15) is 5.10 Å². The summed E-state index contributed by atoms with van der Waals surface area (Å²) in [5, 5.41) is 36.9. The number of aromatic hydroxyl groups is 1. The molecule has 11 nitrogen and oxygen atoms in total. The van der Waals surface area contributed by atoms with Gasteiger partial charge in [-0.3, -0.25) is 29.7 Å². The lowest BCUT2D eigenvalue weighted by molar-refractivity contribution is -0.385. The van der Waals surface area contributed by atoms with Crippen LogP contribution in [0.1, 0.15) is 10.5 Å². The molecule has 114 valence electrons. The molecule has 0 atom stereocenters. The number of aryl methyl sites for hydroxylation is 1. The Morgan fingerprint density at radius 1 is 1.32 bits per heavy atom. The van der Waals surface area contributed by atoms with E-state index in [1.165, 1.54) is 7.05 Å². The molecule has 11 heteroatoms. The highest BCUT2D eigenvalue weighted by molar-refractivity contribution is 6.06. The SMILES string of the molecule is Cn1cc([N+](=O)[O-])c(C(=O)Nc2ccc([N+](=O)[O-])cc2O)n1. The first-order valence-electron chi connectivity index (χ1n) is 5.76. The standard InChI is InChI=1S/C11H9N5O6/c1-14-5-8(16(21)22)10(13-14)11(18)12-7-3-2-6(15(19)20)4-9(7)17/h2-5,17H,1H3,(H,12,18). The van der Waals surface area contributed by atoms with Crippen molar-refractivity contribution < 1.29 is 19.7 Å². The number of carbonyl (C=O) groups excluding carboxylic acids is 1. The third kappa shape index (κ3) is 2.82. The van der Waals surface area contributed by atoms with Gasteiger partial charge in [-0.05, 0) is 6.07 Å². The highest BCUT2D eigenvalue weighted by Gasteiger charge is 2.25. The number of hydrogen-bond acceptors (Lipinski definition) is 7. The Bertz CT molecular complexity index is 783. The molecular formula is C11H9N5O6. The maximum atomic E-state index is 12.0. The number of phenolic OH excluding ortho intramolecular Hbond substituents is 1. The number of nitrogens with zero attached hydrogens (tertiary/aromatic N) is 4. The van der Waals surface area contributed by atoms with E-state index in [1.807, 2.05) is 0 Å². The molecular weight excluding hydrogens is 298 g/mol. The Morgan fingerprint density at radius 3 is 2.55 bits per heavy atom. The average Bonchev–Trinajstić information content (AvgIpc) is 2.83. The molecule has 2 N–H and O–H groups in total. The first-order valence-corrected chi connectivity index (χ1v) is 5.76. The summed E-state index contributed by atoms with van der Waals surface area (Å²) >= 11 is 0. The van der Waals surface area contributed by atoms with E-state index < -0.39 is 32.9 Å². The van der Waals surface area contributed by atoms with Crippen LogP contribution in [0.5, 0.6) is 5.75 Å². The van der Waals surface area contributed by atoms with Crippen molar-refractivity contribution in [3.63, 3.8) is 0 Å². The van der Waals surface area contributed by atoms with Crippen molar-refractivity contribution in [3.8, 4) is 5.75 Å². The van der Waals surface area contributed by atoms with E-state index in [0.717, 1.165) is 29.1 Å². The van der Waals surface area contributed by atoms with Crippen molar-refractivity contribution >= 4 is 23.0 Å². The van der Waals surface area contributed by atoms with Crippen LogP contribution in [0.4, 0.5) is 17.1 Å². The second kappa shape index (κ2) is 5.47. The molecule has 0 aliphatic carbocycles. The third-order valence-corrected chi connectivity index (χ3v) is 2.66. The number of nitrogens with one attached hydrogen (secondary N) is 1. The lowest BCUT2D eigenvalue weighted by atomic mass is 10.2. The van der Waals surface area contributed by atoms with E-state index in [0.29, 0.717) is 0 Å². The van der Waals surface area contributed by atoms with Crippen LogP contribution >= 0.6 is 0 Å². The Morgan fingerprint density at radius 2 is 2.00 bits per heavy atom. The Kier molecular flexibility index (Phi) is 3.71. The fourth-order valence-electron chi connectivity index (χ4n) is 1.69. The normalized spacial score (nSPS) is 10.2. The van der Waals surface area contributed by atoms with Gasteiger partial charge in [0.25, 0.3) is 11.6 Å². The first kappa shape index (κ1) is 14.9.